The van der Waals surface area contributed by atoms with Crippen LogP contribution in [0.3, 0.4) is 0 Å². The standard InChI is InChI=1S/CH14B10/c1-3-5-7-9-11-10-8-6-4-2/h3-11H,2H2,1H3. The van der Waals surface area contributed by atoms with Gasteiger partial charge in [-0.25, -0.2) is 0 Å². The van der Waals surface area contributed by atoms with Crippen LogP contribution in [0.4, 0.5) is 0 Å². The van der Waals surface area contributed by atoms with E-state index in [9.17, 15) is 0 Å². The zero-order chi connectivity index (χ0) is 8.36. The summed E-state index contributed by atoms with van der Waals surface area (Å²) in [5.74, 6) is 0. The van der Waals surface area contributed by atoms with Gasteiger partial charge in [-0.15, -0.1) is 0 Å². The highest BCUT2D eigenvalue weighted by atomic mass is 12.8. The van der Waals surface area contributed by atoms with Crippen molar-refractivity contribution in [2.24, 2.45) is 0 Å². The van der Waals surface area contributed by atoms with E-state index in [0.717, 1.165) is 0 Å². The second-order valence-corrected chi connectivity index (χ2v) is 3.47. The molecule has 10 heteroatoms. The van der Waals surface area contributed by atoms with E-state index in [1.54, 1.807) is 0 Å². The molecule has 0 aromatic carbocycles. The molecule has 0 aliphatic carbocycles. The molecule has 0 saturated carbocycles. The Morgan fingerprint density at radius 3 is 1.64 bits per heavy atom. The third kappa shape index (κ3) is 10.6. The van der Waals surface area contributed by atoms with Gasteiger partial charge < -0.3 is 0 Å². The lowest BCUT2D eigenvalue weighted by Crippen LogP contribution is -2.31. The average Bonchev–Trinajstić information content (AvgIpc) is 2.03. The molecule has 0 N–H and O–H groups in total. The number of hydrogen-bond acceptors (Lipinski definition) is 0. The van der Waals surface area contributed by atoms with E-state index in [1.165, 1.54) is 63.7 Å². The smallest absolute Gasteiger partial charge is 0.0738 e. The van der Waals surface area contributed by atoms with Gasteiger partial charge in [0.05, 0.1) is 14.9 Å². The molecule has 48 valence electrons. The van der Waals surface area contributed by atoms with Crippen LogP contribution in [0.5, 0.6) is 0 Å². The average molecular weight is 134 g/mol. The lowest BCUT2D eigenvalue weighted by atomic mass is 8.89. The predicted octanol–water partition coefficient (Wildman–Crippen LogP) is -6.17. The molecular weight excluding hydrogens is 120 g/mol. The first-order chi connectivity index (χ1) is 5.41. The van der Waals surface area contributed by atoms with Crippen molar-refractivity contribution in [2.45, 2.75) is 6.82 Å². The topological polar surface area (TPSA) is 0 Å². The first kappa shape index (κ1) is 11.6. The highest BCUT2D eigenvalue weighted by molar-refractivity contribution is 7.68. The number of rotatable bonds is 8. The van der Waals surface area contributed by atoms with Crippen LogP contribution in [0, 0.1) is 0 Å². The van der Waals surface area contributed by atoms with Gasteiger partial charge in [0, 0.05) is 56.5 Å². The van der Waals surface area contributed by atoms with Crippen LogP contribution >= 0.6 is 0 Å². The lowest BCUT2D eigenvalue weighted by molar-refractivity contribution is 2.37. The minimum Gasteiger partial charge on any atom is -0.0966 e. The van der Waals surface area contributed by atoms with Crippen LogP contribution < -0.4 is 0 Å². The van der Waals surface area contributed by atoms with Crippen LogP contribution in [0.15, 0.2) is 0 Å². The zero-order valence-electron chi connectivity index (χ0n) is 8.36. The Hall–Kier alpha value is 0.649. The highest BCUT2D eigenvalue weighted by Crippen LogP contribution is 1.57. The van der Waals surface area contributed by atoms with Gasteiger partial charge in [-0.2, -0.15) is 0 Å². The summed E-state index contributed by atoms with van der Waals surface area (Å²) >= 11 is 0. The molecule has 0 heterocycles. The first-order valence-electron chi connectivity index (χ1n) is 5.41. The SMILES string of the molecule is BBBBBBBBBBC. The fourth-order valence-electron chi connectivity index (χ4n) is 1.38. The van der Waals surface area contributed by atoms with Crippen LogP contribution in [0.1, 0.15) is 0 Å². The Balaban J connectivity index is 2.69. The normalized spacial score (nSPS) is 7.00. The predicted molar refractivity (Wildman–Crippen MR) is 78.7 cm³/mol. The molecular formula is CH14B10. The molecule has 0 aliphatic rings. The van der Waals surface area contributed by atoms with E-state index in [4.69, 9.17) is 0 Å². The maximum absolute atomic E-state index is 2.27. The van der Waals surface area contributed by atoms with Gasteiger partial charge in [0.2, 0.25) is 0 Å². The summed E-state index contributed by atoms with van der Waals surface area (Å²) in [6, 6.07) is 0. The first-order valence-corrected chi connectivity index (χ1v) is 5.41. The third-order valence-corrected chi connectivity index (χ3v) is 2.21. The van der Waals surface area contributed by atoms with E-state index in [-0.39, 0.29) is 0 Å². The van der Waals surface area contributed by atoms with Crippen molar-refractivity contribution in [1.29, 1.82) is 0 Å². The molecule has 0 unspecified atom stereocenters. The Labute approximate surface area is 78.6 Å². The van der Waals surface area contributed by atoms with E-state index in [0.29, 0.717) is 0 Å². The van der Waals surface area contributed by atoms with Gasteiger partial charge in [-0.3, -0.25) is 0 Å². The maximum Gasteiger partial charge on any atom is 0.0738 e. The second-order valence-electron chi connectivity index (χ2n) is 3.47. The molecule has 0 aromatic heterocycles. The largest absolute Gasteiger partial charge is 0.0966 e. The molecule has 0 fully saturated rings. The fourth-order valence-corrected chi connectivity index (χ4v) is 1.38. The van der Waals surface area contributed by atoms with E-state index in [1.807, 2.05) is 0 Å². The summed E-state index contributed by atoms with van der Waals surface area (Å²) in [4.78, 5) is 0. The molecule has 0 aliphatic heterocycles. The molecule has 0 atom stereocenters. The Bertz CT molecular complexity index is 53.9. The van der Waals surface area contributed by atoms with Gasteiger partial charge in [-0.1, -0.05) is 6.82 Å². The highest BCUT2D eigenvalue weighted by Gasteiger charge is 1.98. The molecule has 0 amide bonds. The summed E-state index contributed by atoms with van der Waals surface area (Å²) in [5, 5.41) is 0. The molecule has 11 heavy (non-hydrogen) atoms. The molecule has 0 rings (SSSR count). The quantitative estimate of drug-likeness (QED) is 0.229. The zero-order valence-corrected chi connectivity index (χ0v) is 8.36. The minimum atomic E-state index is 1.37. The molecule has 0 nitrogen and oxygen atoms in total. The summed E-state index contributed by atoms with van der Waals surface area (Å²) in [5.41, 5.74) is 0. The molecule has 0 radical (unpaired) electrons. The van der Waals surface area contributed by atoms with Crippen molar-refractivity contribution in [3.8, 4) is 0 Å². The fraction of sp³-hybridized carbons (Fsp3) is 1.00. The van der Waals surface area contributed by atoms with Gasteiger partial charge in [0.15, 0.2) is 0 Å². The van der Waals surface area contributed by atoms with E-state index < -0.39 is 0 Å². The van der Waals surface area contributed by atoms with Crippen molar-refractivity contribution in [3.05, 3.63) is 0 Å². The van der Waals surface area contributed by atoms with E-state index >= 15 is 0 Å². The molecule has 0 saturated heterocycles. The Morgan fingerprint density at radius 2 is 1.18 bits per heavy atom. The van der Waals surface area contributed by atoms with Crippen molar-refractivity contribution in [2.75, 3.05) is 0 Å². The van der Waals surface area contributed by atoms with Crippen LogP contribution in [-0.4, -0.2) is 71.4 Å². The van der Waals surface area contributed by atoms with Crippen LogP contribution in [0.2, 0.25) is 6.82 Å². The molecule has 0 aromatic rings. The minimum absolute atomic E-state index is 1.37. The summed E-state index contributed by atoms with van der Waals surface area (Å²) in [7, 11) is 15.2. The van der Waals surface area contributed by atoms with Crippen LogP contribution in [0.25, 0.3) is 0 Å². The van der Waals surface area contributed by atoms with Crippen molar-refractivity contribution < 1.29 is 0 Å². The Kier molecular flexibility index (Phi) is 11.3. The van der Waals surface area contributed by atoms with Gasteiger partial charge in [0.25, 0.3) is 0 Å². The van der Waals surface area contributed by atoms with Crippen molar-refractivity contribution in [1.82, 2.24) is 0 Å². The molecule has 0 spiro atoms. The summed E-state index contributed by atoms with van der Waals surface area (Å²) in [6.45, 7) is 2.27. The second kappa shape index (κ2) is 10.6. The van der Waals surface area contributed by atoms with Gasteiger partial charge >= 0.3 is 0 Å². The number of hydrogen-bond donors (Lipinski definition) is 0. The lowest BCUT2D eigenvalue weighted by Gasteiger charge is -1.89. The van der Waals surface area contributed by atoms with E-state index in [2.05, 4.69) is 14.6 Å². The van der Waals surface area contributed by atoms with Gasteiger partial charge in [0.1, 0.15) is 0 Å². The molecule has 0 bridgehead atoms. The van der Waals surface area contributed by atoms with Gasteiger partial charge in [-0.05, 0) is 0 Å². The third-order valence-electron chi connectivity index (χ3n) is 2.21. The van der Waals surface area contributed by atoms with Crippen molar-refractivity contribution >= 4 is 71.4 Å². The maximum atomic E-state index is 2.27. The summed E-state index contributed by atoms with van der Waals surface area (Å²) < 4.78 is 0. The van der Waals surface area contributed by atoms with Crippen molar-refractivity contribution in [3.63, 3.8) is 0 Å². The monoisotopic (exact) mass is 136 g/mol. The summed E-state index contributed by atoms with van der Waals surface area (Å²) in [6.07, 6.45) is 0. The Morgan fingerprint density at radius 1 is 0.727 bits per heavy atom. The van der Waals surface area contributed by atoms with Crippen LogP contribution in [-0.2, 0) is 0 Å².